The third kappa shape index (κ3) is 5.80. The monoisotopic (exact) mass is 243 g/mol. The minimum absolute atomic E-state index is 0.0691. The minimum Gasteiger partial charge on any atom is -0.481 e. The first-order valence-corrected chi connectivity index (χ1v) is 6.50. The number of nitrogens with one attached hydrogen (secondary N) is 1. The van der Waals surface area contributed by atoms with Gasteiger partial charge in [0, 0.05) is 18.4 Å². The number of carboxylic acid groups (broad SMARTS) is 1. The second-order valence-corrected chi connectivity index (χ2v) is 5.01. The number of aliphatic carboxylic acids is 1. The number of allylic oxidation sites excluding steroid dienone is 1. The molecule has 0 aromatic heterocycles. The van der Waals surface area contributed by atoms with Crippen molar-refractivity contribution >= 4 is 23.6 Å². The zero-order chi connectivity index (χ0) is 12.0. The highest BCUT2D eigenvalue weighted by Gasteiger charge is 2.23. The van der Waals surface area contributed by atoms with E-state index in [1.165, 1.54) is 24.6 Å². The lowest BCUT2D eigenvalue weighted by atomic mass is 10.2. The molecule has 90 valence electrons. The van der Waals surface area contributed by atoms with Crippen molar-refractivity contribution in [1.29, 1.82) is 0 Å². The number of rotatable bonds is 7. The number of hydrogen-bond acceptors (Lipinski definition) is 3. The number of carboxylic acids is 1. The van der Waals surface area contributed by atoms with Gasteiger partial charge in [-0.05, 0) is 25.7 Å². The molecule has 1 rings (SSSR count). The second-order valence-electron chi connectivity index (χ2n) is 3.90. The maximum atomic E-state index is 11.4. The van der Waals surface area contributed by atoms with E-state index in [2.05, 4.69) is 5.32 Å². The van der Waals surface area contributed by atoms with E-state index in [1.807, 2.05) is 6.92 Å². The largest absolute Gasteiger partial charge is 0.481 e. The van der Waals surface area contributed by atoms with Crippen LogP contribution in [0.2, 0.25) is 0 Å². The first-order chi connectivity index (χ1) is 7.59. The molecule has 1 saturated carbocycles. The Morgan fingerprint density at radius 1 is 1.50 bits per heavy atom. The predicted molar refractivity (Wildman–Crippen MR) is 64.5 cm³/mol. The highest BCUT2D eigenvalue weighted by molar-refractivity contribution is 7.99. The fourth-order valence-corrected chi connectivity index (χ4v) is 1.89. The van der Waals surface area contributed by atoms with E-state index < -0.39 is 5.97 Å². The van der Waals surface area contributed by atoms with E-state index in [0.29, 0.717) is 18.2 Å². The Morgan fingerprint density at radius 3 is 2.75 bits per heavy atom. The summed E-state index contributed by atoms with van der Waals surface area (Å²) in [5.74, 6) is 0.453. The van der Waals surface area contributed by atoms with Crippen LogP contribution in [0.25, 0.3) is 0 Å². The average Bonchev–Trinajstić information content (AvgIpc) is 2.99. The molecule has 0 unspecified atom stereocenters. The lowest BCUT2D eigenvalue weighted by Crippen LogP contribution is -2.24. The van der Waals surface area contributed by atoms with Gasteiger partial charge in [0.2, 0.25) is 5.91 Å². The van der Waals surface area contributed by atoms with E-state index in [9.17, 15) is 9.59 Å². The summed E-state index contributed by atoms with van der Waals surface area (Å²) in [6.07, 6.45) is 4.05. The molecule has 0 spiro atoms. The summed E-state index contributed by atoms with van der Waals surface area (Å²) in [6, 6.07) is 0. The Hall–Kier alpha value is -0.970. The lowest BCUT2D eigenvalue weighted by Gasteiger charge is -2.02. The van der Waals surface area contributed by atoms with Crippen molar-refractivity contribution in [2.75, 3.05) is 18.1 Å². The lowest BCUT2D eigenvalue weighted by molar-refractivity contribution is -0.133. The van der Waals surface area contributed by atoms with Crippen molar-refractivity contribution in [3.8, 4) is 0 Å². The molecule has 1 fully saturated rings. The minimum atomic E-state index is -0.819. The van der Waals surface area contributed by atoms with Gasteiger partial charge in [0.05, 0.1) is 5.75 Å². The van der Waals surface area contributed by atoms with E-state index in [1.54, 1.807) is 6.08 Å². The normalized spacial score (nSPS) is 15.9. The maximum absolute atomic E-state index is 11.4. The number of carbonyl (C=O) groups excluding carboxylic acids is 1. The zero-order valence-electron chi connectivity index (χ0n) is 9.36. The smallest absolute Gasteiger partial charge is 0.313 e. The van der Waals surface area contributed by atoms with Crippen molar-refractivity contribution in [3.63, 3.8) is 0 Å². The Kier molecular flexibility index (Phi) is 5.38. The fourth-order valence-electron chi connectivity index (χ4n) is 1.32. The molecule has 0 saturated heterocycles. The van der Waals surface area contributed by atoms with Crippen molar-refractivity contribution in [1.82, 2.24) is 5.32 Å². The van der Waals surface area contributed by atoms with Crippen molar-refractivity contribution in [2.45, 2.75) is 19.8 Å². The van der Waals surface area contributed by atoms with E-state index in [0.717, 1.165) is 5.57 Å². The van der Waals surface area contributed by atoms with Gasteiger partial charge >= 0.3 is 5.97 Å². The number of thioether (sulfide) groups is 1. The highest BCUT2D eigenvalue weighted by atomic mass is 32.2. The molecule has 0 aliphatic heterocycles. The number of hydrogen-bond donors (Lipinski definition) is 2. The maximum Gasteiger partial charge on any atom is 0.313 e. The molecule has 0 radical (unpaired) electrons. The molecular formula is C11H17NO3S. The molecule has 1 aliphatic carbocycles. The van der Waals surface area contributed by atoms with Crippen LogP contribution in [0, 0.1) is 5.92 Å². The third-order valence-electron chi connectivity index (χ3n) is 2.35. The van der Waals surface area contributed by atoms with Gasteiger partial charge < -0.3 is 10.4 Å². The van der Waals surface area contributed by atoms with E-state index >= 15 is 0 Å². The van der Waals surface area contributed by atoms with Crippen LogP contribution in [-0.4, -0.2) is 35.0 Å². The van der Waals surface area contributed by atoms with Crippen molar-refractivity contribution in [2.24, 2.45) is 5.92 Å². The Balaban J connectivity index is 2.06. The molecule has 0 bridgehead atoms. The van der Waals surface area contributed by atoms with Crippen LogP contribution in [0.15, 0.2) is 11.6 Å². The Morgan fingerprint density at radius 2 is 2.19 bits per heavy atom. The average molecular weight is 243 g/mol. The molecule has 16 heavy (non-hydrogen) atoms. The number of amides is 1. The highest BCUT2D eigenvalue weighted by Crippen LogP contribution is 2.35. The van der Waals surface area contributed by atoms with Gasteiger partial charge in [0.25, 0.3) is 0 Å². The SMILES string of the molecule is CC(=CC(=O)NCCSCC(=O)O)C1CC1. The van der Waals surface area contributed by atoms with Crippen LogP contribution in [0.5, 0.6) is 0 Å². The van der Waals surface area contributed by atoms with Gasteiger partial charge in [-0.1, -0.05) is 5.57 Å². The van der Waals surface area contributed by atoms with Gasteiger partial charge in [-0.15, -0.1) is 11.8 Å². The van der Waals surface area contributed by atoms with Crippen LogP contribution < -0.4 is 5.32 Å². The molecule has 0 aromatic carbocycles. The standard InChI is InChI=1S/C11H17NO3S/c1-8(9-2-3-9)6-10(13)12-4-5-16-7-11(14)15/h6,9H,2-5,7H2,1H3,(H,12,13)(H,14,15). The fraction of sp³-hybridized carbons (Fsp3) is 0.636. The first-order valence-electron chi connectivity index (χ1n) is 5.35. The second kappa shape index (κ2) is 6.58. The molecule has 1 amide bonds. The molecular weight excluding hydrogens is 226 g/mol. The van der Waals surface area contributed by atoms with Crippen LogP contribution in [0.3, 0.4) is 0 Å². The summed E-state index contributed by atoms with van der Waals surface area (Å²) in [6.45, 7) is 2.50. The zero-order valence-corrected chi connectivity index (χ0v) is 10.2. The molecule has 5 heteroatoms. The first kappa shape index (κ1) is 13.1. The van der Waals surface area contributed by atoms with E-state index in [-0.39, 0.29) is 11.7 Å². The van der Waals surface area contributed by atoms with Gasteiger partial charge in [-0.2, -0.15) is 0 Å². The summed E-state index contributed by atoms with van der Waals surface area (Å²) >= 11 is 1.31. The Bertz CT molecular complexity index is 298. The topological polar surface area (TPSA) is 66.4 Å². The summed E-state index contributed by atoms with van der Waals surface area (Å²) in [7, 11) is 0. The predicted octanol–water partition coefficient (Wildman–Crippen LogP) is 1.28. The molecule has 2 N–H and O–H groups in total. The third-order valence-corrected chi connectivity index (χ3v) is 3.30. The van der Waals surface area contributed by atoms with Gasteiger partial charge in [0.15, 0.2) is 0 Å². The van der Waals surface area contributed by atoms with Crippen LogP contribution >= 0.6 is 11.8 Å². The Labute approximate surface area is 99.5 Å². The van der Waals surface area contributed by atoms with Crippen molar-refractivity contribution < 1.29 is 14.7 Å². The van der Waals surface area contributed by atoms with Gasteiger partial charge in [-0.25, -0.2) is 0 Å². The van der Waals surface area contributed by atoms with Crippen LogP contribution in [0.4, 0.5) is 0 Å². The van der Waals surface area contributed by atoms with Gasteiger partial charge in [-0.3, -0.25) is 9.59 Å². The van der Waals surface area contributed by atoms with Crippen LogP contribution in [-0.2, 0) is 9.59 Å². The van der Waals surface area contributed by atoms with Crippen molar-refractivity contribution in [3.05, 3.63) is 11.6 Å². The van der Waals surface area contributed by atoms with Gasteiger partial charge in [0.1, 0.15) is 0 Å². The molecule has 4 nitrogen and oxygen atoms in total. The quantitative estimate of drug-likeness (QED) is 0.522. The summed E-state index contributed by atoms with van der Waals surface area (Å²) < 4.78 is 0. The summed E-state index contributed by atoms with van der Waals surface area (Å²) in [4.78, 5) is 21.6. The molecule has 1 aliphatic rings. The molecule has 0 atom stereocenters. The summed E-state index contributed by atoms with van der Waals surface area (Å²) in [5, 5.41) is 11.1. The van der Waals surface area contributed by atoms with E-state index in [4.69, 9.17) is 5.11 Å². The summed E-state index contributed by atoms with van der Waals surface area (Å²) in [5.41, 5.74) is 1.15. The molecule has 0 aromatic rings. The molecule has 0 heterocycles. The van der Waals surface area contributed by atoms with Crippen LogP contribution in [0.1, 0.15) is 19.8 Å². The number of carbonyl (C=O) groups is 2.